The van der Waals surface area contributed by atoms with Gasteiger partial charge in [0.1, 0.15) is 5.82 Å². The Labute approximate surface area is 127 Å². The molecule has 0 aliphatic heterocycles. The zero-order valence-electron chi connectivity index (χ0n) is 13.7. The Morgan fingerprint density at radius 2 is 1.90 bits per heavy atom. The third kappa shape index (κ3) is 4.03. The van der Waals surface area contributed by atoms with Gasteiger partial charge in [0.15, 0.2) is 0 Å². The Hall–Kier alpha value is -1.42. The SMILES string of the molecule is CCOC(=O)CC(C)(c1ccc(C)c(F)c1)N(CC)CC. The summed E-state index contributed by atoms with van der Waals surface area (Å²) in [4.78, 5) is 14.1. The smallest absolute Gasteiger partial charge is 0.307 e. The van der Waals surface area contributed by atoms with Crippen molar-refractivity contribution in [3.05, 3.63) is 35.1 Å². The van der Waals surface area contributed by atoms with E-state index in [1.54, 1.807) is 19.9 Å². The molecular formula is C17H26FNO2. The predicted molar refractivity (Wildman–Crippen MR) is 82.7 cm³/mol. The maximum atomic E-state index is 13.9. The van der Waals surface area contributed by atoms with E-state index in [4.69, 9.17) is 4.74 Å². The number of aryl methyl sites for hydroxylation is 1. The van der Waals surface area contributed by atoms with Crippen LogP contribution in [-0.2, 0) is 15.1 Å². The quantitative estimate of drug-likeness (QED) is 0.719. The summed E-state index contributed by atoms with van der Waals surface area (Å²) in [6.07, 6.45) is 0.213. The van der Waals surface area contributed by atoms with Crippen molar-refractivity contribution in [2.75, 3.05) is 19.7 Å². The molecular weight excluding hydrogens is 269 g/mol. The summed E-state index contributed by atoms with van der Waals surface area (Å²) in [7, 11) is 0. The van der Waals surface area contributed by atoms with Crippen molar-refractivity contribution in [2.24, 2.45) is 0 Å². The number of carbonyl (C=O) groups is 1. The van der Waals surface area contributed by atoms with Gasteiger partial charge < -0.3 is 4.74 Å². The van der Waals surface area contributed by atoms with Crippen LogP contribution in [0.3, 0.4) is 0 Å². The highest BCUT2D eigenvalue weighted by atomic mass is 19.1. The number of esters is 1. The number of benzene rings is 1. The summed E-state index contributed by atoms with van der Waals surface area (Å²) in [6, 6.07) is 5.19. The second-order valence-electron chi connectivity index (χ2n) is 5.39. The lowest BCUT2D eigenvalue weighted by molar-refractivity contribution is -0.146. The second kappa shape index (κ2) is 7.55. The van der Waals surface area contributed by atoms with E-state index in [-0.39, 0.29) is 18.2 Å². The van der Waals surface area contributed by atoms with Crippen molar-refractivity contribution >= 4 is 5.97 Å². The number of carbonyl (C=O) groups excluding carboxylic acids is 1. The van der Waals surface area contributed by atoms with Crippen molar-refractivity contribution in [3.8, 4) is 0 Å². The molecule has 21 heavy (non-hydrogen) atoms. The molecule has 1 atom stereocenters. The molecule has 0 heterocycles. The molecule has 1 rings (SSSR count). The Morgan fingerprint density at radius 3 is 2.38 bits per heavy atom. The number of hydrogen-bond donors (Lipinski definition) is 0. The summed E-state index contributed by atoms with van der Waals surface area (Å²) in [6.45, 7) is 11.5. The fourth-order valence-corrected chi connectivity index (χ4v) is 2.74. The van der Waals surface area contributed by atoms with Gasteiger partial charge in [0.2, 0.25) is 0 Å². The molecule has 0 spiro atoms. The third-order valence-electron chi connectivity index (χ3n) is 4.05. The minimum Gasteiger partial charge on any atom is -0.466 e. The van der Waals surface area contributed by atoms with E-state index < -0.39 is 5.54 Å². The van der Waals surface area contributed by atoms with E-state index in [0.29, 0.717) is 12.2 Å². The van der Waals surface area contributed by atoms with Crippen LogP contribution in [0.25, 0.3) is 0 Å². The molecule has 0 saturated carbocycles. The first-order valence-electron chi connectivity index (χ1n) is 7.56. The van der Waals surface area contributed by atoms with Crippen molar-refractivity contribution < 1.29 is 13.9 Å². The summed E-state index contributed by atoms with van der Waals surface area (Å²) in [5, 5.41) is 0. The molecule has 0 saturated heterocycles. The Morgan fingerprint density at radius 1 is 1.29 bits per heavy atom. The number of rotatable bonds is 7. The zero-order valence-corrected chi connectivity index (χ0v) is 13.7. The first kappa shape index (κ1) is 17.6. The van der Waals surface area contributed by atoms with Gasteiger partial charge in [0, 0.05) is 0 Å². The molecule has 118 valence electrons. The van der Waals surface area contributed by atoms with E-state index in [1.165, 1.54) is 6.07 Å². The van der Waals surface area contributed by atoms with E-state index in [0.717, 1.165) is 18.7 Å². The summed E-state index contributed by atoms with van der Waals surface area (Å²) < 4.78 is 19.0. The van der Waals surface area contributed by atoms with Gasteiger partial charge in [-0.2, -0.15) is 0 Å². The average molecular weight is 295 g/mol. The van der Waals surface area contributed by atoms with E-state index in [1.807, 2.05) is 26.8 Å². The van der Waals surface area contributed by atoms with E-state index in [2.05, 4.69) is 4.90 Å². The van der Waals surface area contributed by atoms with Crippen LogP contribution in [-0.4, -0.2) is 30.6 Å². The Balaban J connectivity index is 3.22. The lowest BCUT2D eigenvalue weighted by Crippen LogP contribution is -2.45. The molecule has 0 amide bonds. The maximum absolute atomic E-state index is 13.9. The van der Waals surface area contributed by atoms with Gasteiger partial charge in [-0.15, -0.1) is 0 Å². The van der Waals surface area contributed by atoms with Crippen LogP contribution in [0.15, 0.2) is 18.2 Å². The summed E-state index contributed by atoms with van der Waals surface area (Å²) in [5.41, 5.74) is 0.851. The number of ether oxygens (including phenoxy) is 1. The molecule has 0 N–H and O–H groups in total. The van der Waals surface area contributed by atoms with Crippen LogP contribution in [0.4, 0.5) is 4.39 Å². The number of hydrogen-bond acceptors (Lipinski definition) is 3. The van der Waals surface area contributed by atoms with Crippen molar-refractivity contribution in [3.63, 3.8) is 0 Å². The molecule has 0 bridgehead atoms. The lowest BCUT2D eigenvalue weighted by Gasteiger charge is -2.40. The van der Waals surface area contributed by atoms with E-state index in [9.17, 15) is 9.18 Å². The van der Waals surface area contributed by atoms with Gasteiger partial charge >= 0.3 is 5.97 Å². The second-order valence-corrected chi connectivity index (χ2v) is 5.39. The highest BCUT2D eigenvalue weighted by molar-refractivity contribution is 5.71. The maximum Gasteiger partial charge on any atom is 0.307 e. The standard InChI is InChI=1S/C17H26FNO2/c1-6-19(7-2)17(5,12-16(20)21-8-3)14-10-9-13(4)15(18)11-14/h9-11H,6-8,12H2,1-5H3. The first-order valence-corrected chi connectivity index (χ1v) is 7.56. The predicted octanol–water partition coefficient (Wildman–Crippen LogP) is 3.64. The lowest BCUT2D eigenvalue weighted by atomic mass is 9.86. The minimum atomic E-state index is -0.565. The highest BCUT2D eigenvalue weighted by Crippen LogP contribution is 2.33. The number of halogens is 1. The normalized spacial score (nSPS) is 14.0. The summed E-state index contributed by atoms with van der Waals surface area (Å²) in [5.74, 6) is -0.498. The third-order valence-corrected chi connectivity index (χ3v) is 4.05. The molecule has 0 aromatic heterocycles. The fraction of sp³-hybridized carbons (Fsp3) is 0.588. The van der Waals surface area contributed by atoms with Crippen LogP contribution in [0.2, 0.25) is 0 Å². The minimum absolute atomic E-state index is 0.213. The van der Waals surface area contributed by atoms with Gasteiger partial charge in [0.25, 0.3) is 0 Å². The average Bonchev–Trinajstić information content (AvgIpc) is 2.43. The highest BCUT2D eigenvalue weighted by Gasteiger charge is 2.35. The van der Waals surface area contributed by atoms with Crippen LogP contribution < -0.4 is 0 Å². The van der Waals surface area contributed by atoms with Crippen molar-refractivity contribution in [2.45, 2.75) is 46.6 Å². The first-order chi connectivity index (χ1) is 9.88. The van der Waals surface area contributed by atoms with Gasteiger partial charge in [-0.05, 0) is 51.1 Å². The number of nitrogens with zero attached hydrogens (tertiary/aromatic N) is 1. The fourth-order valence-electron chi connectivity index (χ4n) is 2.74. The largest absolute Gasteiger partial charge is 0.466 e. The molecule has 1 unspecified atom stereocenters. The van der Waals surface area contributed by atoms with Crippen LogP contribution in [0, 0.1) is 12.7 Å². The van der Waals surface area contributed by atoms with Crippen molar-refractivity contribution in [1.29, 1.82) is 0 Å². The molecule has 1 aromatic rings. The molecule has 4 heteroatoms. The Kier molecular flexibility index (Phi) is 6.34. The molecule has 0 aliphatic rings. The van der Waals surface area contributed by atoms with Gasteiger partial charge in [0.05, 0.1) is 18.6 Å². The van der Waals surface area contributed by atoms with Gasteiger partial charge in [-0.1, -0.05) is 26.0 Å². The molecule has 0 fully saturated rings. The molecule has 0 radical (unpaired) electrons. The molecule has 0 aliphatic carbocycles. The Bertz CT molecular complexity index is 486. The monoisotopic (exact) mass is 295 g/mol. The van der Waals surface area contributed by atoms with Crippen LogP contribution in [0.1, 0.15) is 45.2 Å². The van der Waals surface area contributed by atoms with Crippen molar-refractivity contribution in [1.82, 2.24) is 4.90 Å². The molecule has 3 nitrogen and oxygen atoms in total. The summed E-state index contributed by atoms with van der Waals surface area (Å²) >= 11 is 0. The topological polar surface area (TPSA) is 29.5 Å². The molecule has 1 aromatic carbocycles. The zero-order chi connectivity index (χ0) is 16.0. The van der Waals surface area contributed by atoms with E-state index >= 15 is 0 Å². The van der Waals surface area contributed by atoms with Gasteiger partial charge in [-0.25, -0.2) is 4.39 Å². The van der Waals surface area contributed by atoms with Crippen LogP contribution in [0.5, 0.6) is 0 Å². The van der Waals surface area contributed by atoms with Crippen LogP contribution >= 0.6 is 0 Å². The van der Waals surface area contributed by atoms with Gasteiger partial charge in [-0.3, -0.25) is 9.69 Å².